The molecule has 1 heterocycles. The van der Waals surface area contributed by atoms with Gasteiger partial charge in [-0.1, -0.05) is 36.4 Å². The number of nitrogens with zero attached hydrogens (tertiary/aromatic N) is 1. The van der Waals surface area contributed by atoms with Crippen LogP contribution in [0.15, 0.2) is 54.6 Å². The minimum Gasteiger partial charge on any atom is -0.478 e. The molecule has 2 aromatic carbocycles. The van der Waals surface area contributed by atoms with Crippen molar-refractivity contribution in [1.29, 1.82) is 0 Å². The van der Waals surface area contributed by atoms with Gasteiger partial charge in [-0.25, -0.2) is 4.79 Å². The Kier molecular flexibility index (Phi) is 4.24. The predicted molar refractivity (Wildman–Crippen MR) is 88.0 cm³/mol. The van der Waals surface area contributed by atoms with Crippen LogP contribution in [0.2, 0.25) is 0 Å². The Morgan fingerprint density at radius 1 is 1.04 bits per heavy atom. The van der Waals surface area contributed by atoms with E-state index in [2.05, 4.69) is 0 Å². The first kappa shape index (κ1) is 15.0. The molecule has 0 saturated heterocycles. The van der Waals surface area contributed by atoms with Crippen molar-refractivity contribution in [2.24, 2.45) is 0 Å². The molecule has 1 aliphatic heterocycles. The van der Waals surface area contributed by atoms with Gasteiger partial charge in [0, 0.05) is 24.7 Å². The van der Waals surface area contributed by atoms with E-state index in [0.29, 0.717) is 18.7 Å². The molecule has 2 aromatic rings. The summed E-state index contributed by atoms with van der Waals surface area (Å²) in [5.74, 6) is -0.929. The van der Waals surface area contributed by atoms with E-state index in [1.165, 1.54) is 0 Å². The highest BCUT2D eigenvalue weighted by Gasteiger charge is 2.22. The first-order chi connectivity index (χ1) is 11.1. The Hall–Kier alpha value is -2.88. The Bertz CT molecular complexity index is 765. The Morgan fingerprint density at radius 3 is 2.57 bits per heavy atom. The van der Waals surface area contributed by atoms with Crippen LogP contribution >= 0.6 is 0 Å². The lowest BCUT2D eigenvalue weighted by Gasteiger charge is -2.30. The molecule has 1 N–H and O–H groups in total. The Morgan fingerprint density at radius 2 is 1.83 bits per heavy atom. The summed E-state index contributed by atoms with van der Waals surface area (Å²) >= 11 is 0. The third-order valence-corrected chi connectivity index (χ3v) is 4.02. The van der Waals surface area contributed by atoms with Crippen LogP contribution in [0.1, 0.15) is 27.0 Å². The van der Waals surface area contributed by atoms with Gasteiger partial charge < -0.3 is 10.0 Å². The fraction of sp³-hybridized carbons (Fsp3) is 0.158. The normalized spacial score (nSPS) is 13.8. The van der Waals surface area contributed by atoms with E-state index in [9.17, 15) is 9.59 Å². The summed E-state index contributed by atoms with van der Waals surface area (Å²) in [5, 5.41) is 8.78. The van der Waals surface area contributed by atoms with Crippen molar-refractivity contribution in [2.45, 2.75) is 13.0 Å². The molecule has 116 valence electrons. The topological polar surface area (TPSA) is 57.6 Å². The number of rotatable bonds is 3. The zero-order valence-corrected chi connectivity index (χ0v) is 12.6. The van der Waals surface area contributed by atoms with Crippen LogP contribution in [-0.2, 0) is 17.8 Å². The minimum atomic E-state index is -0.959. The van der Waals surface area contributed by atoms with Gasteiger partial charge in [0.05, 0.1) is 0 Å². The average Bonchev–Trinajstić information content (AvgIpc) is 2.59. The second-order valence-electron chi connectivity index (χ2n) is 5.50. The number of carbonyl (C=O) groups is 2. The number of fused-ring (bicyclic) bond motifs is 1. The quantitative estimate of drug-likeness (QED) is 0.887. The minimum absolute atomic E-state index is 0.0303. The van der Waals surface area contributed by atoms with Gasteiger partial charge in [-0.2, -0.15) is 0 Å². The Balaban J connectivity index is 1.83. The lowest BCUT2D eigenvalue weighted by Crippen LogP contribution is -2.36. The number of carbonyl (C=O) groups excluding carboxylic acids is 1. The standard InChI is InChI=1S/C19H17NO3/c21-18(22)10-9-14-7-4-8-16-13-20(12-11-17(14)16)19(23)15-5-2-1-3-6-15/h1-10H,11-13H2,(H,21,22)/b10-9+. The van der Waals surface area contributed by atoms with Crippen LogP contribution in [0.25, 0.3) is 6.08 Å². The molecule has 0 unspecified atom stereocenters. The first-order valence-electron chi connectivity index (χ1n) is 7.51. The van der Waals surface area contributed by atoms with Gasteiger partial charge in [0.2, 0.25) is 0 Å². The molecule has 4 heteroatoms. The largest absolute Gasteiger partial charge is 0.478 e. The molecule has 23 heavy (non-hydrogen) atoms. The van der Waals surface area contributed by atoms with E-state index in [1.807, 2.05) is 53.4 Å². The van der Waals surface area contributed by atoms with E-state index >= 15 is 0 Å². The van der Waals surface area contributed by atoms with Crippen molar-refractivity contribution in [3.8, 4) is 0 Å². The summed E-state index contributed by atoms with van der Waals surface area (Å²) in [5.41, 5.74) is 3.81. The fourth-order valence-electron chi connectivity index (χ4n) is 2.89. The van der Waals surface area contributed by atoms with E-state index in [-0.39, 0.29) is 5.91 Å². The molecule has 0 spiro atoms. The first-order valence-corrected chi connectivity index (χ1v) is 7.51. The van der Waals surface area contributed by atoms with Crippen LogP contribution in [0, 0.1) is 0 Å². The van der Waals surface area contributed by atoms with Crippen LogP contribution in [-0.4, -0.2) is 28.4 Å². The van der Waals surface area contributed by atoms with Crippen LogP contribution in [0.3, 0.4) is 0 Å². The second-order valence-corrected chi connectivity index (χ2v) is 5.50. The zero-order chi connectivity index (χ0) is 16.2. The summed E-state index contributed by atoms with van der Waals surface area (Å²) in [6.45, 7) is 1.19. The molecule has 0 bridgehead atoms. The van der Waals surface area contributed by atoms with Crippen molar-refractivity contribution < 1.29 is 14.7 Å². The number of aliphatic carboxylic acids is 1. The van der Waals surface area contributed by atoms with Crippen LogP contribution < -0.4 is 0 Å². The highest BCUT2D eigenvalue weighted by molar-refractivity contribution is 5.94. The maximum Gasteiger partial charge on any atom is 0.328 e. The molecule has 3 rings (SSSR count). The average molecular weight is 307 g/mol. The number of carboxylic acids is 1. The molecule has 0 radical (unpaired) electrons. The zero-order valence-electron chi connectivity index (χ0n) is 12.6. The smallest absolute Gasteiger partial charge is 0.328 e. The third kappa shape index (κ3) is 3.31. The maximum atomic E-state index is 12.5. The fourth-order valence-corrected chi connectivity index (χ4v) is 2.89. The number of hydrogen-bond acceptors (Lipinski definition) is 2. The molecule has 0 fully saturated rings. The van der Waals surface area contributed by atoms with Crippen LogP contribution in [0.5, 0.6) is 0 Å². The predicted octanol–water partition coefficient (Wildman–Crippen LogP) is 2.98. The van der Waals surface area contributed by atoms with Gasteiger partial charge in [-0.05, 0) is 41.3 Å². The van der Waals surface area contributed by atoms with Gasteiger partial charge in [0.1, 0.15) is 0 Å². The Labute approximate surface area is 134 Å². The lowest BCUT2D eigenvalue weighted by molar-refractivity contribution is -0.131. The number of benzene rings is 2. The van der Waals surface area contributed by atoms with E-state index in [1.54, 1.807) is 6.08 Å². The van der Waals surface area contributed by atoms with Gasteiger partial charge in [0.15, 0.2) is 0 Å². The summed E-state index contributed by atoms with van der Waals surface area (Å²) in [6, 6.07) is 15.1. The summed E-state index contributed by atoms with van der Waals surface area (Å²) < 4.78 is 0. The number of carboxylic acid groups (broad SMARTS) is 1. The highest BCUT2D eigenvalue weighted by Crippen LogP contribution is 2.24. The molecule has 0 aliphatic carbocycles. The van der Waals surface area contributed by atoms with Crippen LogP contribution in [0.4, 0.5) is 0 Å². The lowest BCUT2D eigenvalue weighted by atomic mass is 9.94. The van der Waals surface area contributed by atoms with E-state index in [0.717, 1.165) is 29.2 Å². The van der Waals surface area contributed by atoms with Crippen molar-refractivity contribution in [2.75, 3.05) is 6.54 Å². The van der Waals surface area contributed by atoms with Crippen molar-refractivity contribution in [3.05, 3.63) is 76.9 Å². The van der Waals surface area contributed by atoms with E-state index in [4.69, 9.17) is 5.11 Å². The maximum absolute atomic E-state index is 12.5. The molecule has 0 atom stereocenters. The summed E-state index contributed by atoms with van der Waals surface area (Å²) in [6.07, 6.45) is 3.50. The van der Waals surface area contributed by atoms with Gasteiger partial charge in [-0.3, -0.25) is 4.79 Å². The van der Waals surface area contributed by atoms with Gasteiger partial charge >= 0.3 is 5.97 Å². The SMILES string of the molecule is O=C(O)/C=C/c1cccc2c1CCN(C(=O)c1ccccc1)C2. The number of amides is 1. The van der Waals surface area contributed by atoms with Gasteiger partial charge in [-0.15, -0.1) is 0 Å². The van der Waals surface area contributed by atoms with Gasteiger partial charge in [0.25, 0.3) is 5.91 Å². The molecule has 1 amide bonds. The molecule has 4 nitrogen and oxygen atoms in total. The number of hydrogen-bond donors (Lipinski definition) is 1. The summed E-state index contributed by atoms with van der Waals surface area (Å²) in [4.78, 5) is 25.1. The van der Waals surface area contributed by atoms with E-state index < -0.39 is 5.97 Å². The molecule has 0 aromatic heterocycles. The van der Waals surface area contributed by atoms with Crippen molar-refractivity contribution >= 4 is 18.0 Å². The molecule has 1 aliphatic rings. The highest BCUT2D eigenvalue weighted by atomic mass is 16.4. The van der Waals surface area contributed by atoms with Crippen molar-refractivity contribution in [3.63, 3.8) is 0 Å². The molecular weight excluding hydrogens is 290 g/mol. The van der Waals surface area contributed by atoms with Crippen molar-refractivity contribution in [1.82, 2.24) is 4.90 Å². The molecular formula is C19H17NO3. The third-order valence-electron chi connectivity index (χ3n) is 4.02. The monoisotopic (exact) mass is 307 g/mol. The molecule has 0 saturated carbocycles. The summed E-state index contributed by atoms with van der Waals surface area (Å²) in [7, 11) is 0. The second kappa shape index (κ2) is 6.48.